The third-order valence-corrected chi connectivity index (χ3v) is 6.22. The van der Waals surface area contributed by atoms with E-state index < -0.39 is 0 Å². The fourth-order valence-electron chi connectivity index (χ4n) is 3.09. The summed E-state index contributed by atoms with van der Waals surface area (Å²) in [6, 6.07) is 3.93. The highest BCUT2D eigenvalue weighted by Gasteiger charge is 2.37. The Hall–Kier alpha value is -0.410. The van der Waals surface area contributed by atoms with E-state index in [4.69, 9.17) is 21.1 Å². The van der Waals surface area contributed by atoms with Gasteiger partial charge in [0, 0.05) is 15.9 Å². The van der Waals surface area contributed by atoms with E-state index in [0.29, 0.717) is 13.2 Å². The minimum Gasteiger partial charge on any atom is -0.486 e. The van der Waals surface area contributed by atoms with Crippen LogP contribution < -0.4 is 9.47 Å². The molecule has 3 rings (SSSR count). The molecule has 4 heteroatoms. The molecule has 104 valence electrons. The number of hydrogen-bond acceptors (Lipinski definition) is 2. The molecular formula is C15H18BrClO2. The molecule has 19 heavy (non-hydrogen) atoms. The van der Waals surface area contributed by atoms with Gasteiger partial charge in [-0.2, -0.15) is 0 Å². The summed E-state index contributed by atoms with van der Waals surface area (Å²) in [5.41, 5.74) is 1.41. The van der Waals surface area contributed by atoms with Gasteiger partial charge in [-0.25, -0.2) is 0 Å². The van der Waals surface area contributed by atoms with E-state index >= 15 is 0 Å². The van der Waals surface area contributed by atoms with Crippen molar-refractivity contribution in [2.45, 2.75) is 37.4 Å². The average molecular weight is 346 g/mol. The lowest BCUT2D eigenvalue weighted by Crippen LogP contribution is -2.19. The predicted octanol–water partition coefficient (Wildman–Crippen LogP) is 5.13. The Bertz CT molecular complexity index is 483. The number of rotatable bonds is 2. The molecule has 0 saturated heterocycles. The minimum absolute atomic E-state index is 0.269. The van der Waals surface area contributed by atoms with Gasteiger partial charge in [-0.3, -0.25) is 0 Å². The van der Waals surface area contributed by atoms with Crippen LogP contribution in [0.15, 0.2) is 12.1 Å². The summed E-state index contributed by atoms with van der Waals surface area (Å²) in [4.78, 5) is 0.269. The SMILES string of the molecule is CC1(C(Br)c2cc3c(cc2Cl)OCCO3)CCCC1. The lowest BCUT2D eigenvalue weighted by atomic mass is 9.82. The van der Waals surface area contributed by atoms with E-state index in [0.717, 1.165) is 22.1 Å². The van der Waals surface area contributed by atoms with Crippen molar-refractivity contribution in [2.24, 2.45) is 5.41 Å². The van der Waals surface area contributed by atoms with Crippen molar-refractivity contribution < 1.29 is 9.47 Å². The van der Waals surface area contributed by atoms with Crippen molar-refractivity contribution in [1.29, 1.82) is 0 Å². The first-order valence-electron chi connectivity index (χ1n) is 6.83. The quantitative estimate of drug-likeness (QED) is 0.692. The predicted molar refractivity (Wildman–Crippen MR) is 80.7 cm³/mol. The molecule has 0 N–H and O–H groups in total. The fourth-order valence-corrected chi connectivity index (χ4v) is 4.32. The maximum atomic E-state index is 6.43. The van der Waals surface area contributed by atoms with Crippen LogP contribution in [0.5, 0.6) is 11.5 Å². The van der Waals surface area contributed by atoms with Crippen molar-refractivity contribution in [3.8, 4) is 11.5 Å². The zero-order valence-electron chi connectivity index (χ0n) is 11.0. The van der Waals surface area contributed by atoms with Crippen molar-refractivity contribution in [3.63, 3.8) is 0 Å². The molecule has 1 heterocycles. The first kappa shape index (κ1) is 13.6. The highest BCUT2D eigenvalue weighted by atomic mass is 79.9. The summed E-state index contributed by atoms with van der Waals surface area (Å²) in [6.07, 6.45) is 5.10. The van der Waals surface area contributed by atoms with Gasteiger partial charge in [-0.1, -0.05) is 47.3 Å². The monoisotopic (exact) mass is 344 g/mol. The van der Waals surface area contributed by atoms with Crippen LogP contribution in [0, 0.1) is 5.41 Å². The average Bonchev–Trinajstić information content (AvgIpc) is 2.85. The minimum atomic E-state index is 0.269. The molecule has 2 aliphatic rings. The van der Waals surface area contributed by atoms with E-state index in [9.17, 15) is 0 Å². The second kappa shape index (κ2) is 5.17. The van der Waals surface area contributed by atoms with Crippen LogP contribution in [-0.4, -0.2) is 13.2 Å². The maximum absolute atomic E-state index is 6.43. The van der Waals surface area contributed by atoms with E-state index in [1.165, 1.54) is 25.7 Å². The number of halogens is 2. The van der Waals surface area contributed by atoms with Crippen LogP contribution in [-0.2, 0) is 0 Å². The van der Waals surface area contributed by atoms with Crippen LogP contribution in [0.25, 0.3) is 0 Å². The van der Waals surface area contributed by atoms with Gasteiger partial charge in [-0.15, -0.1) is 0 Å². The molecule has 2 nitrogen and oxygen atoms in total. The van der Waals surface area contributed by atoms with Crippen molar-refractivity contribution in [1.82, 2.24) is 0 Å². The second-order valence-corrected chi connectivity index (χ2v) is 7.06. The molecule has 0 aromatic heterocycles. The molecule has 1 atom stereocenters. The van der Waals surface area contributed by atoms with Gasteiger partial charge in [0.15, 0.2) is 11.5 Å². The Morgan fingerprint density at radius 3 is 2.37 bits per heavy atom. The van der Waals surface area contributed by atoms with Crippen molar-refractivity contribution >= 4 is 27.5 Å². The second-order valence-electron chi connectivity index (χ2n) is 5.74. The lowest BCUT2D eigenvalue weighted by molar-refractivity contribution is 0.171. The van der Waals surface area contributed by atoms with Crippen LogP contribution in [0.1, 0.15) is 43.0 Å². The van der Waals surface area contributed by atoms with Gasteiger partial charge in [0.05, 0.1) is 0 Å². The van der Waals surface area contributed by atoms with Crippen molar-refractivity contribution in [3.05, 3.63) is 22.7 Å². The van der Waals surface area contributed by atoms with E-state index in [-0.39, 0.29) is 10.2 Å². The summed E-state index contributed by atoms with van der Waals surface area (Å²) >= 11 is 10.3. The molecule has 0 spiro atoms. The van der Waals surface area contributed by atoms with Crippen LogP contribution >= 0.6 is 27.5 Å². The van der Waals surface area contributed by atoms with E-state index in [1.807, 2.05) is 12.1 Å². The van der Waals surface area contributed by atoms with Gasteiger partial charge in [0.1, 0.15) is 13.2 Å². The highest BCUT2D eigenvalue weighted by molar-refractivity contribution is 9.09. The molecule has 1 aliphatic heterocycles. The number of alkyl halides is 1. The van der Waals surface area contributed by atoms with Crippen LogP contribution in [0.3, 0.4) is 0 Å². The normalized spacial score (nSPS) is 22.3. The largest absolute Gasteiger partial charge is 0.486 e. The molecule has 0 amide bonds. The Morgan fingerprint density at radius 1 is 1.16 bits per heavy atom. The number of hydrogen-bond donors (Lipinski definition) is 0. The lowest BCUT2D eigenvalue weighted by Gasteiger charge is -2.31. The number of ether oxygens (including phenoxy) is 2. The third-order valence-electron chi connectivity index (χ3n) is 4.29. The molecule has 1 unspecified atom stereocenters. The third kappa shape index (κ3) is 2.47. The Balaban J connectivity index is 1.95. The topological polar surface area (TPSA) is 18.5 Å². The van der Waals surface area contributed by atoms with Gasteiger partial charge in [0.2, 0.25) is 0 Å². The zero-order chi connectivity index (χ0) is 13.5. The van der Waals surface area contributed by atoms with Crippen LogP contribution in [0.2, 0.25) is 5.02 Å². The fraction of sp³-hybridized carbons (Fsp3) is 0.600. The Kier molecular flexibility index (Phi) is 3.69. The molecule has 1 saturated carbocycles. The highest BCUT2D eigenvalue weighted by Crippen LogP contribution is 2.54. The summed E-state index contributed by atoms with van der Waals surface area (Å²) in [6.45, 7) is 3.54. The van der Waals surface area contributed by atoms with E-state index in [2.05, 4.69) is 22.9 Å². The Labute approximate surface area is 127 Å². The molecule has 1 aromatic rings. The molecule has 1 aliphatic carbocycles. The number of benzene rings is 1. The van der Waals surface area contributed by atoms with Gasteiger partial charge < -0.3 is 9.47 Å². The zero-order valence-corrected chi connectivity index (χ0v) is 13.4. The summed E-state index contributed by atoms with van der Waals surface area (Å²) in [7, 11) is 0. The summed E-state index contributed by atoms with van der Waals surface area (Å²) in [5.74, 6) is 1.58. The van der Waals surface area contributed by atoms with Gasteiger partial charge >= 0.3 is 0 Å². The standard InChI is InChI=1S/C15H18BrClO2/c1-15(4-2-3-5-15)14(16)10-8-12-13(9-11(10)17)19-7-6-18-12/h8-9,14H,2-7H2,1H3. The first-order chi connectivity index (χ1) is 9.10. The molecule has 1 aromatic carbocycles. The first-order valence-corrected chi connectivity index (χ1v) is 8.13. The molecular weight excluding hydrogens is 328 g/mol. The van der Waals surface area contributed by atoms with Gasteiger partial charge in [0.25, 0.3) is 0 Å². The molecule has 0 bridgehead atoms. The summed E-state index contributed by atoms with van der Waals surface area (Å²) < 4.78 is 11.2. The molecule has 0 radical (unpaired) electrons. The van der Waals surface area contributed by atoms with Crippen LogP contribution in [0.4, 0.5) is 0 Å². The van der Waals surface area contributed by atoms with Gasteiger partial charge in [-0.05, 0) is 29.9 Å². The Morgan fingerprint density at radius 2 is 1.74 bits per heavy atom. The maximum Gasteiger partial charge on any atom is 0.162 e. The van der Waals surface area contributed by atoms with E-state index in [1.54, 1.807) is 0 Å². The smallest absolute Gasteiger partial charge is 0.162 e. The molecule has 1 fully saturated rings. The summed E-state index contributed by atoms with van der Waals surface area (Å²) in [5, 5.41) is 0.763. The number of fused-ring (bicyclic) bond motifs is 1. The van der Waals surface area contributed by atoms with Crippen molar-refractivity contribution in [2.75, 3.05) is 13.2 Å².